The topological polar surface area (TPSA) is 25.2 Å². The minimum Gasteiger partial charge on any atom is -0.449 e. The summed E-state index contributed by atoms with van der Waals surface area (Å²) in [6.07, 6.45) is 1.67. The fourth-order valence-corrected chi connectivity index (χ4v) is 0.629. The standard InChI is InChI=1S/C6H9NO/c1-5-3-4-8-6(5)7-2/h3-4,7H,1-2H3. The Balaban J connectivity index is 2.92. The summed E-state index contributed by atoms with van der Waals surface area (Å²) in [4.78, 5) is 0. The van der Waals surface area contributed by atoms with Gasteiger partial charge in [-0.05, 0) is 13.0 Å². The Morgan fingerprint density at radius 1 is 1.62 bits per heavy atom. The highest BCUT2D eigenvalue weighted by Crippen LogP contribution is 2.12. The van der Waals surface area contributed by atoms with Crippen LogP contribution in [-0.4, -0.2) is 7.05 Å². The smallest absolute Gasteiger partial charge is 0.195 e. The predicted molar refractivity (Wildman–Crippen MR) is 33.0 cm³/mol. The van der Waals surface area contributed by atoms with Gasteiger partial charge in [-0.1, -0.05) is 0 Å². The lowest BCUT2D eigenvalue weighted by Gasteiger charge is -1.91. The van der Waals surface area contributed by atoms with Gasteiger partial charge in [0.1, 0.15) is 0 Å². The first kappa shape index (κ1) is 5.22. The lowest BCUT2D eigenvalue weighted by Crippen LogP contribution is -1.85. The van der Waals surface area contributed by atoms with Gasteiger partial charge in [-0.15, -0.1) is 0 Å². The molecule has 2 heteroatoms. The van der Waals surface area contributed by atoms with Gasteiger partial charge in [0.25, 0.3) is 0 Å². The van der Waals surface area contributed by atoms with Crippen LogP contribution in [0.1, 0.15) is 5.56 Å². The molecule has 1 N–H and O–H groups in total. The van der Waals surface area contributed by atoms with Crippen LogP contribution in [0, 0.1) is 6.92 Å². The first-order valence-corrected chi connectivity index (χ1v) is 2.56. The highest BCUT2D eigenvalue weighted by atomic mass is 16.3. The lowest BCUT2D eigenvalue weighted by molar-refractivity contribution is 0.581. The summed E-state index contributed by atoms with van der Waals surface area (Å²) in [6, 6.07) is 1.92. The Morgan fingerprint density at radius 2 is 2.38 bits per heavy atom. The van der Waals surface area contributed by atoms with Gasteiger partial charge >= 0.3 is 0 Å². The van der Waals surface area contributed by atoms with Gasteiger partial charge in [0.05, 0.1) is 6.26 Å². The van der Waals surface area contributed by atoms with Crippen LogP contribution in [0.3, 0.4) is 0 Å². The molecule has 0 aromatic carbocycles. The average Bonchev–Trinajstić information content (AvgIpc) is 2.14. The first-order valence-electron chi connectivity index (χ1n) is 2.56. The van der Waals surface area contributed by atoms with Crippen LogP contribution in [0.4, 0.5) is 5.88 Å². The molecule has 0 saturated carbocycles. The summed E-state index contributed by atoms with van der Waals surface area (Å²) in [5.41, 5.74) is 1.15. The molecule has 1 aromatic rings. The fraction of sp³-hybridized carbons (Fsp3) is 0.333. The minimum absolute atomic E-state index is 0.852. The summed E-state index contributed by atoms with van der Waals surface area (Å²) < 4.78 is 5.00. The van der Waals surface area contributed by atoms with Crippen molar-refractivity contribution in [2.24, 2.45) is 0 Å². The van der Waals surface area contributed by atoms with Crippen LogP contribution in [-0.2, 0) is 0 Å². The lowest BCUT2D eigenvalue weighted by atomic mass is 10.4. The second-order valence-corrected chi connectivity index (χ2v) is 1.68. The number of aryl methyl sites for hydroxylation is 1. The normalized spacial score (nSPS) is 9.25. The quantitative estimate of drug-likeness (QED) is 0.595. The number of hydrogen-bond donors (Lipinski definition) is 1. The van der Waals surface area contributed by atoms with Crippen LogP contribution in [0.2, 0.25) is 0 Å². The van der Waals surface area contributed by atoms with Gasteiger partial charge in [-0.2, -0.15) is 0 Å². The van der Waals surface area contributed by atoms with Crippen molar-refractivity contribution >= 4 is 5.88 Å². The number of anilines is 1. The van der Waals surface area contributed by atoms with Gasteiger partial charge in [0.15, 0.2) is 5.88 Å². The SMILES string of the molecule is CNc1occc1C. The molecule has 0 aliphatic carbocycles. The van der Waals surface area contributed by atoms with E-state index in [0.717, 1.165) is 11.4 Å². The Kier molecular flexibility index (Phi) is 1.24. The van der Waals surface area contributed by atoms with Crippen molar-refractivity contribution < 1.29 is 4.42 Å². The van der Waals surface area contributed by atoms with Crippen LogP contribution in [0.15, 0.2) is 16.7 Å². The molecule has 1 heterocycles. The first-order chi connectivity index (χ1) is 3.84. The van der Waals surface area contributed by atoms with Crippen LogP contribution in [0.25, 0.3) is 0 Å². The third kappa shape index (κ3) is 0.689. The van der Waals surface area contributed by atoms with Crippen molar-refractivity contribution in [1.82, 2.24) is 0 Å². The van der Waals surface area contributed by atoms with Crippen LogP contribution < -0.4 is 5.32 Å². The van der Waals surface area contributed by atoms with Crippen molar-refractivity contribution in [2.75, 3.05) is 12.4 Å². The van der Waals surface area contributed by atoms with Crippen molar-refractivity contribution in [3.8, 4) is 0 Å². The van der Waals surface area contributed by atoms with E-state index in [1.165, 1.54) is 0 Å². The van der Waals surface area contributed by atoms with Crippen molar-refractivity contribution in [1.29, 1.82) is 0 Å². The molecule has 0 bridgehead atoms. The van der Waals surface area contributed by atoms with Gasteiger partial charge in [0, 0.05) is 12.6 Å². The second-order valence-electron chi connectivity index (χ2n) is 1.68. The maximum absolute atomic E-state index is 5.00. The molecule has 44 valence electrons. The molecule has 1 rings (SSSR count). The number of nitrogens with one attached hydrogen (secondary N) is 1. The van der Waals surface area contributed by atoms with Gasteiger partial charge in [0.2, 0.25) is 0 Å². The molecule has 0 radical (unpaired) electrons. The van der Waals surface area contributed by atoms with Gasteiger partial charge in [-0.3, -0.25) is 0 Å². The molecule has 0 spiro atoms. The van der Waals surface area contributed by atoms with E-state index >= 15 is 0 Å². The Labute approximate surface area is 48.5 Å². The minimum atomic E-state index is 0.852. The van der Waals surface area contributed by atoms with E-state index in [1.807, 2.05) is 20.0 Å². The highest BCUT2D eigenvalue weighted by Gasteiger charge is 1.93. The van der Waals surface area contributed by atoms with E-state index in [-0.39, 0.29) is 0 Å². The van der Waals surface area contributed by atoms with Crippen molar-refractivity contribution in [3.05, 3.63) is 17.9 Å². The molecule has 1 aromatic heterocycles. The van der Waals surface area contributed by atoms with Crippen molar-refractivity contribution in [3.63, 3.8) is 0 Å². The van der Waals surface area contributed by atoms with E-state index in [2.05, 4.69) is 5.32 Å². The Bertz CT molecular complexity index is 169. The zero-order valence-electron chi connectivity index (χ0n) is 5.06. The summed E-state index contributed by atoms with van der Waals surface area (Å²) in [5, 5.41) is 2.91. The molecule has 0 aliphatic heterocycles. The van der Waals surface area contributed by atoms with E-state index in [0.29, 0.717) is 0 Å². The predicted octanol–water partition coefficient (Wildman–Crippen LogP) is 1.63. The summed E-state index contributed by atoms with van der Waals surface area (Å²) in [7, 11) is 1.84. The molecule has 0 amide bonds. The summed E-state index contributed by atoms with van der Waals surface area (Å²) >= 11 is 0. The molecule has 0 aliphatic rings. The van der Waals surface area contributed by atoms with E-state index in [9.17, 15) is 0 Å². The zero-order valence-corrected chi connectivity index (χ0v) is 5.06. The molecule has 0 saturated heterocycles. The Morgan fingerprint density at radius 3 is 2.62 bits per heavy atom. The number of hydrogen-bond acceptors (Lipinski definition) is 2. The zero-order chi connectivity index (χ0) is 5.98. The summed E-state index contributed by atoms with van der Waals surface area (Å²) in [5.74, 6) is 0.852. The Hall–Kier alpha value is -0.920. The van der Waals surface area contributed by atoms with E-state index < -0.39 is 0 Å². The monoisotopic (exact) mass is 111 g/mol. The van der Waals surface area contributed by atoms with Gasteiger partial charge < -0.3 is 9.73 Å². The molecule has 0 atom stereocenters. The van der Waals surface area contributed by atoms with Crippen LogP contribution in [0.5, 0.6) is 0 Å². The van der Waals surface area contributed by atoms with Gasteiger partial charge in [-0.25, -0.2) is 0 Å². The summed E-state index contributed by atoms with van der Waals surface area (Å²) in [6.45, 7) is 2.00. The number of furan rings is 1. The van der Waals surface area contributed by atoms with E-state index in [4.69, 9.17) is 4.42 Å². The van der Waals surface area contributed by atoms with Crippen molar-refractivity contribution in [2.45, 2.75) is 6.92 Å². The second kappa shape index (κ2) is 1.90. The molecule has 8 heavy (non-hydrogen) atoms. The maximum atomic E-state index is 5.00. The molecule has 2 nitrogen and oxygen atoms in total. The average molecular weight is 111 g/mol. The molecular weight excluding hydrogens is 102 g/mol. The third-order valence-corrected chi connectivity index (χ3v) is 1.09. The number of rotatable bonds is 1. The molecular formula is C6H9NO. The maximum Gasteiger partial charge on any atom is 0.195 e. The molecule has 0 unspecified atom stereocenters. The highest BCUT2D eigenvalue weighted by molar-refractivity contribution is 5.38. The van der Waals surface area contributed by atoms with E-state index in [1.54, 1.807) is 6.26 Å². The third-order valence-electron chi connectivity index (χ3n) is 1.09. The van der Waals surface area contributed by atoms with Crippen LogP contribution >= 0.6 is 0 Å². The fourth-order valence-electron chi connectivity index (χ4n) is 0.629. The molecule has 0 fully saturated rings. The largest absolute Gasteiger partial charge is 0.449 e.